The highest BCUT2D eigenvalue weighted by atomic mass is 32.2. The van der Waals surface area contributed by atoms with E-state index >= 15 is 0 Å². The lowest BCUT2D eigenvalue weighted by molar-refractivity contribution is 0.0642. The van der Waals surface area contributed by atoms with Crippen molar-refractivity contribution in [3.8, 4) is 0 Å². The van der Waals surface area contributed by atoms with Crippen LogP contribution in [0.2, 0.25) is 0 Å². The minimum absolute atomic E-state index is 0.0432. The van der Waals surface area contributed by atoms with Gasteiger partial charge < -0.3 is 19.9 Å². The summed E-state index contributed by atoms with van der Waals surface area (Å²) in [5.74, 6) is 0.0432. The molecule has 1 saturated heterocycles. The first-order valence-electron chi connectivity index (χ1n) is 11.4. The maximum Gasteiger partial charge on any atom is 0.407 e. The van der Waals surface area contributed by atoms with Crippen molar-refractivity contribution in [3.63, 3.8) is 0 Å². The largest absolute Gasteiger partial charge is 0.444 e. The molecule has 33 heavy (non-hydrogen) atoms. The second kappa shape index (κ2) is 12.1. The Kier molecular flexibility index (Phi) is 10.1. The number of benzene rings is 1. The summed E-state index contributed by atoms with van der Waals surface area (Å²) < 4.78 is 40.6. The van der Waals surface area contributed by atoms with E-state index < -0.39 is 34.0 Å². The molecule has 1 unspecified atom stereocenters. The summed E-state index contributed by atoms with van der Waals surface area (Å²) in [6.07, 6.45) is -1.20. The van der Waals surface area contributed by atoms with Gasteiger partial charge in [-0.3, -0.25) is 0 Å². The van der Waals surface area contributed by atoms with Crippen LogP contribution in [-0.2, 0) is 26.1 Å². The Bertz CT molecular complexity index is 836. The minimum Gasteiger partial charge on any atom is -0.444 e. The van der Waals surface area contributed by atoms with Crippen molar-refractivity contribution in [1.82, 2.24) is 14.3 Å². The van der Waals surface area contributed by atoms with Crippen LogP contribution in [0.1, 0.15) is 46.6 Å². The lowest BCUT2D eigenvalue weighted by Gasteiger charge is -2.32. The first-order valence-corrected chi connectivity index (χ1v) is 12.9. The highest BCUT2D eigenvalue weighted by molar-refractivity contribution is 7.87. The highest BCUT2D eigenvalue weighted by Gasteiger charge is 2.33. The summed E-state index contributed by atoms with van der Waals surface area (Å²) in [5.41, 5.74) is 0.227. The van der Waals surface area contributed by atoms with Gasteiger partial charge in [-0.05, 0) is 38.7 Å². The molecule has 2 rings (SSSR count). The summed E-state index contributed by atoms with van der Waals surface area (Å²) in [5, 5.41) is 13.8. The summed E-state index contributed by atoms with van der Waals surface area (Å²) in [7, 11) is -3.86. The summed E-state index contributed by atoms with van der Waals surface area (Å²) in [6, 6.07) is 8.65. The minimum atomic E-state index is -3.86. The van der Waals surface area contributed by atoms with E-state index in [1.165, 1.54) is 4.31 Å². The molecule has 3 atom stereocenters. The smallest absolute Gasteiger partial charge is 0.407 e. The number of carbonyl (C=O) groups is 1. The fraction of sp³-hybridized carbons (Fsp3) is 0.696. The molecule has 1 aromatic carbocycles. The van der Waals surface area contributed by atoms with Gasteiger partial charge in [-0.25, -0.2) is 4.79 Å². The fourth-order valence-corrected chi connectivity index (χ4v) is 5.31. The van der Waals surface area contributed by atoms with Crippen molar-refractivity contribution in [3.05, 3.63) is 35.9 Å². The fourth-order valence-electron chi connectivity index (χ4n) is 3.56. The van der Waals surface area contributed by atoms with Crippen LogP contribution < -0.4 is 10.0 Å². The topological polar surface area (TPSA) is 117 Å². The van der Waals surface area contributed by atoms with E-state index in [9.17, 15) is 18.3 Å². The van der Waals surface area contributed by atoms with Crippen LogP contribution in [0.5, 0.6) is 0 Å². The Labute approximate surface area is 198 Å². The Morgan fingerprint density at radius 3 is 2.45 bits per heavy atom. The molecule has 10 heteroatoms. The van der Waals surface area contributed by atoms with Gasteiger partial charge in [0.1, 0.15) is 6.10 Å². The predicted octanol–water partition coefficient (Wildman–Crippen LogP) is 2.06. The zero-order chi connectivity index (χ0) is 24.6. The van der Waals surface area contributed by atoms with E-state index in [2.05, 4.69) is 10.0 Å². The molecule has 1 aliphatic rings. The summed E-state index contributed by atoms with van der Waals surface area (Å²) in [6.45, 7) is 10.0. The third-order valence-corrected chi connectivity index (χ3v) is 6.81. The van der Waals surface area contributed by atoms with Crippen LogP contribution in [0.3, 0.4) is 0 Å². The van der Waals surface area contributed by atoms with Crippen molar-refractivity contribution in [2.24, 2.45) is 5.92 Å². The van der Waals surface area contributed by atoms with Crippen molar-refractivity contribution < 1.29 is 27.8 Å². The molecule has 0 spiro atoms. The monoisotopic (exact) mass is 485 g/mol. The van der Waals surface area contributed by atoms with Gasteiger partial charge in [0.05, 0.1) is 25.4 Å². The molecule has 1 heterocycles. The van der Waals surface area contributed by atoms with Crippen molar-refractivity contribution >= 4 is 16.3 Å². The Balaban J connectivity index is 2.18. The van der Waals surface area contributed by atoms with E-state index in [4.69, 9.17) is 9.47 Å². The molecule has 0 saturated carbocycles. The zero-order valence-electron chi connectivity index (χ0n) is 20.3. The van der Waals surface area contributed by atoms with Gasteiger partial charge in [0.2, 0.25) is 0 Å². The molecule has 0 aliphatic carbocycles. The van der Waals surface area contributed by atoms with Gasteiger partial charge in [-0.15, -0.1) is 0 Å². The van der Waals surface area contributed by atoms with Gasteiger partial charge in [0.25, 0.3) is 10.2 Å². The van der Waals surface area contributed by atoms with Gasteiger partial charge in [-0.2, -0.15) is 17.4 Å². The van der Waals surface area contributed by atoms with E-state index in [1.54, 1.807) is 20.8 Å². The number of amides is 1. The summed E-state index contributed by atoms with van der Waals surface area (Å²) in [4.78, 5) is 12.5. The van der Waals surface area contributed by atoms with Crippen LogP contribution in [0.4, 0.5) is 4.79 Å². The number of ether oxygens (including phenoxy) is 2. The summed E-state index contributed by atoms with van der Waals surface area (Å²) >= 11 is 0. The molecular weight excluding hydrogens is 446 g/mol. The Morgan fingerprint density at radius 2 is 1.91 bits per heavy atom. The normalized spacial score (nSPS) is 19.0. The molecule has 1 aliphatic heterocycles. The molecule has 1 fully saturated rings. The zero-order valence-corrected chi connectivity index (χ0v) is 21.1. The molecule has 3 N–H and O–H groups in total. The second-order valence-electron chi connectivity index (χ2n) is 9.97. The number of aliphatic hydroxyl groups excluding tert-OH is 1. The number of carbonyl (C=O) groups excluding carboxylic acids is 1. The Hall–Kier alpha value is -1.72. The number of hydrogen-bond acceptors (Lipinski definition) is 6. The van der Waals surface area contributed by atoms with Gasteiger partial charge in [0, 0.05) is 25.0 Å². The molecule has 0 aromatic heterocycles. The van der Waals surface area contributed by atoms with Crippen LogP contribution in [0, 0.1) is 5.92 Å². The van der Waals surface area contributed by atoms with Crippen molar-refractivity contribution in [1.29, 1.82) is 0 Å². The average molecular weight is 486 g/mol. The Morgan fingerprint density at radius 1 is 1.24 bits per heavy atom. The van der Waals surface area contributed by atoms with E-state index in [0.717, 1.165) is 5.56 Å². The van der Waals surface area contributed by atoms with Gasteiger partial charge in [0.15, 0.2) is 0 Å². The molecule has 188 valence electrons. The lowest BCUT2D eigenvalue weighted by Crippen LogP contribution is -2.55. The quantitative estimate of drug-likeness (QED) is 0.442. The maximum atomic E-state index is 13.0. The number of nitrogens with one attached hydrogen (secondary N) is 2. The van der Waals surface area contributed by atoms with Gasteiger partial charge in [-0.1, -0.05) is 44.2 Å². The molecule has 1 amide bonds. The number of rotatable bonds is 11. The van der Waals surface area contributed by atoms with Crippen LogP contribution >= 0.6 is 0 Å². The third kappa shape index (κ3) is 9.97. The number of hydrogen-bond donors (Lipinski definition) is 3. The number of aliphatic hydroxyl groups is 1. The highest BCUT2D eigenvalue weighted by Crippen LogP contribution is 2.15. The molecule has 1 aromatic rings. The second-order valence-corrected chi connectivity index (χ2v) is 11.6. The average Bonchev–Trinajstić information content (AvgIpc) is 3.18. The van der Waals surface area contributed by atoms with Crippen molar-refractivity contribution in [2.75, 3.05) is 26.3 Å². The standard InChI is InChI=1S/C23H39N3O6S/c1-17(2)14-26(33(29,30)25-23(3,4)5)15-21(27)20(13-18-9-7-6-8-10-18)24-22(28)32-19-11-12-31-16-19/h6-10,17,19-21,25,27H,11-16H2,1-5H3,(H,24,28)/t19?,20-,21+/m0/s1. The van der Waals surface area contributed by atoms with Crippen LogP contribution in [0.15, 0.2) is 30.3 Å². The number of nitrogens with zero attached hydrogens (tertiary/aromatic N) is 1. The van der Waals surface area contributed by atoms with Crippen molar-refractivity contribution in [2.45, 2.75) is 71.2 Å². The van der Waals surface area contributed by atoms with Crippen LogP contribution in [-0.4, -0.2) is 74.0 Å². The van der Waals surface area contributed by atoms with E-state index in [1.807, 2.05) is 44.2 Å². The predicted molar refractivity (Wildman–Crippen MR) is 127 cm³/mol. The number of alkyl carbamates (subject to hydrolysis) is 1. The van der Waals surface area contributed by atoms with E-state index in [-0.39, 0.29) is 25.1 Å². The van der Waals surface area contributed by atoms with Gasteiger partial charge >= 0.3 is 6.09 Å². The SMILES string of the molecule is CC(C)CN(C[C@@H](O)[C@H](Cc1ccccc1)NC(=O)OC1CCOC1)S(=O)(=O)NC(C)(C)C. The molecule has 9 nitrogen and oxygen atoms in total. The maximum absolute atomic E-state index is 13.0. The lowest BCUT2D eigenvalue weighted by atomic mass is 10.0. The molecule has 0 bridgehead atoms. The first kappa shape index (κ1) is 27.5. The van der Waals surface area contributed by atoms with Crippen LogP contribution in [0.25, 0.3) is 0 Å². The first-order chi connectivity index (χ1) is 15.4. The van der Waals surface area contributed by atoms with E-state index in [0.29, 0.717) is 26.1 Å². The molecule has 0 radical (unpaired) electrons. The third-order valence-electron chi connectivity index (χ3n) is 4.96. The molecular formula is C23H39N3O6S.